The van der Waals surface area contributed by atoms with E-state index in [0.717, 1.165) is 88.7 Å². The zero-order chi connectivity index (χ0) is 32.7. The van der Waals surface area contributed by atoms with Crippen molar-refractivity contribution in [2.75, 3.05) is 58.0 Å². The molecule has 3 heterocycles. The maximum absolute atomic E-state index is 14.2. The summed E-state index contributed by atoms with van der Waals surface area (Å²) in [6.07, 6.45) is 8.17. The first-order valence-corrected chi connectivity index (χ1v) is 17.0. The molecule has 2 saturated heterocycles. The van der Waals surface area contributed by atoms with Crippen molar-refractivity contribution in [3.63, 3.8) is 0 Å². The third-order valence-corrected chi connectivity index (χ3v) is 10.1. The van der Waals surface area contributed by atoms with Gasteiger partial charge in [0.1, 0.15) is 23.0 Å². The van der Waals surface area contributed by atoms with Crippen LogP contribution < -0.4 is 20.3 Å². The van der Waals surface area contributed by atoms with Crippen molar-refractivity contribution in [3.05, 3.63) is 47.6 Å². The van der Waals surface area contributed by atoms with Gasteiger partial charge in [-0.1, -0.05) is 19.9 Å². The number of piperidine rings is 1. The number of methoxy groups -OCH3 is 1. The van der Waals surface area contributed by atoms with E-state index in [0.29, 0.717) is 31.4 Å². The smallest absolute Gasteiger partial charge is 0.225 e. The standard InChI is InChI=1S/C36H53F2N3O5/c1-35(2,34(42)40-21-25-10-14-44-15-11-25)20-30-7-8-31(22-39-30)45-23-26-6-9-33-32(16-26)41(12-5-13-43-4)24-36(3,46-33)27-17-28(37)19-29(38)18-27/h6,9,16-17,19,25,27,30-31,39H,5,7-8,10-15,18,20-24H2,1-4H3,(H,40,42)/t27?,30?,31-,36-/m1/s1. The number of hydrogen-bond donors (Lipinski definition) is 2. The van der Waals surface area contributed by atoms with Gasteiger partial charge in [0.15, 0.2) is 0 Å². The van der Waals surface area contributed by atoms with Gasteiger partial charge in [0.2, 0.25) is 5.91 Å². The molecule has 2 unspecified atom stereocenters. The second-order valence-corrected chi connectivity index (χ2v) is 14.4. The summed E-state index contributed by atoms with van der Waals surface area (Å²) < 4.78 is 52.0. The van der Waals surface area contributed by atoms with E-state index in [1.54, 1.807) is 7.11 Å². The van der Waals surface area contributed by atoms with Crippen LogP contribution in [0.4, 0.5) is 14.5 Å². The molecule has 46 heavy (non-hydrogen) atoms. The van der Waals surface area contributed by atoms with Gasteiger partial charge in [-0.2, -0.15) is 0 Å². The van der Waals surface area contributed by atoms with E-state index in [1.165, 1.54) is 6.08 Å². The van der Waals surface area contributed by atoms with Crippen LogP contribution in [-0.2, 0) is 25.6 Å². The minimum absolute atomic E-state index is 0.0889. The highest BCUT2D eigenvalue weighted by molar-refractivity contribution is 5.81. The van der Waals surface area contributed by atoms with E-state index in [-0.39, 0.29) is 24.5 Å². The fraction of sp³-hybridized carbons (Fsp3) is 0.694. The van der Waals surface area contributed by atoms with Gasteiger partial charge in [0.25, 0.3) is 0 Å². The molecular formula is C36H53F2N3O5. The van der Waals surface area contributed by atoms with Crippen molar-refractivity contribution in [1.29, 1.82) is 0 Å². The number of carbonyl (C=O) groups is 1. The Morgan fingerprint density at radius 3 is 2.72 bits per heavy atom. The molecule has 256 valence electrons. The Labute approximate surface area is 273 Å². The predicted molar refractivity (Wildman–Crippen MR) is 175 cm³/mol. The molecule has 5 rings (SSSR count). The van der Waals surface area contributed by atoms with Gasteiger partial charge in [-0.3, -0.25) is 4.79 Å². The molecule has 4 aliphatic rings. The van der Waals surface area contributed by atoms with Crippen LogP contribution in [0.2, 0.25) is 0 Å². The van der Waals surface area contributed by atoms with E-state index in [9.17, 15) is 13.6 Å². The third kappa shape index (κ3) is 9.08. The van der Waals surface area contributed by atoms with E-state index >= 15 is 0 Å². The summed E-state index contributed by atoms with van der Waals surface area (Å²) in [6.45, 7) is 11.4. The number of nitrogens with one attached hydrogen (secondary N) is 2. The number of amides is 1. The summed E-state index contributed by atoms with van der Waals surface area (Å²) in [7, 11) is 1.69. The molecule has 1 aromatic rings. The molecule has 3 aliphatic heterocycles. The zero-order valence-electron chi connectivity index (χ0n) is 28.0. The molecule has 1 aliphatic carbocycles. The topological polar surface area (TPSA) is 81.3 Å². The zero-order valence-corrected chi connectivity index (χ0v) is 28.0. The van der Waals surface area contributed by atoms with Crippen molar-refractivity contribution < 1.29 is 32.5 Å². The summed E-state index contributed by atoms with van der Waals surface area (Å²) >= 11 is 0. The minimum atomic E-state index is -0.786. The maximum Gasteiger partial charge on any atom is 0.225 e. The molecule has 8 nitrogen and oxygen atoms in total. The Bertz CT molecular complexity index is 1240. The number of rotatable bonds is 13. The molecule has 10 heteroatoms. The Kier molecular flexibility index (Phi) is 11.8. The van der Waals surface area contributed by atoms with Gasteiger partial charge in [-0.25, -0.2) is 8.78 Å². The number of hydrogen-bond acceptors (Lipinski definition) is 7. The fourth-order valence-electron chi connectivity index (χ4n) is 7.19. The SMILES string of the molecule is COCCCN1C[C@](C)(C2C=C(F)C=C(F)C2)Oc2ccc(CO[C@@H]3CCC(CC(C)(C)C(=O)NCC4CCOCC4)NC3)cc21. The lowest BCUT2D eigenvalue weighted by Gasteiger charge is -2.46. The molecule has 2 fully saturated rings. The van der Waals surface area contributed by atoms with Crippen LogP contribution in [0.25, 0.3) is 0 Å². The summed E-state index contributed by atoms with van der Waals surface area (Å²) in [6, 6.07) is 6.35. The average molecular weight is 646 g/mol. The van der Waals surface area contributed by atoms with Gasteiger partial charge in [-0.15, -0.1) is 0 Å². The molecule has 1 amide bonds. The Balaban J connectivity index is 1.13. The second-order valence-electron chi connectivity index (χ2n) is 14.4. The first kappa shape index (κ1) is 34.8. The lowest BCUT2D eigenvalue weighted by molar-refractivity contribution is -0.130. The van der Waals surface area contributed by atoms with Crippen LogP contribution in [0.1, 0.15) is 71.3 Å². The monoisotopic (exact) mass is 645 g/mol. The van der Waals surface area contributed by atoms with Gasteiger partial charge in [0, 0.05) is 76.4 Å². The van der Waals surface area contributed by atoms with Gasteiger partial charge in [-0.05, 0) is 75.1 Å². The van der Waals surface area contributed by atoms with Gasteiger partial charge in [0.05, 0.1) is 24.9 Å². The van der Waals surface area contributed by atoms with Crippen molar-refractivity contribution >= 4 is 11.6 Å². The van der Waals surface area contributed by atoms with Gasteiger partial charge < -0.3 is 34.5 Å². The summed E-state index contributed by atoms with van der Waals surface area (Å²) in [4.78, 5) is 15.2. The maximum atomic E-state index is 14.2. The number of halogens is 2. The van der Waals surface area contributed by atoms with Crippen molar-refractivity contribution in [3.8, 4) is 5.75 Å². The van der Waals surface area contributed by atoms with E-state index in [4.69, 9.17) is 18.9 Å². The number of ether oxygens (including phenoxy) is 4. The summed E-state index contributed by atoms with van der Waals surface area (Å²) in [5.41, 5.74) is 0.778. The summed E-state index contributed by atoms with van der Waals surface area (Å²) in [5, 5.41) is 6.82. The highest BCUT2D eigenvalue weighted by Crippen LogP contribution is 2.44. The van der Waals surface area contributed by atoms with Crippen LogP contribution in [-0.4, -0.2) is 76.8 Å². The van der Waals surface area contributed by atoms with Crippen LogP contribution in [0.15, 0.2) is 42.0 Å². The van der Waals surface area contributed by atoms with Crippen LogP contribution >= 0.6 is 0 Å². The Morgan fingerprint density at radius 1 is 1.20 bits per heavy atom. The first-order chi connectivity index (χ1) is 22.0. The lowest BCUT2D eigenvalue weighted by Crippen LogP contribution is -2.54. The number of carbonyl (C=O) groups excluding carboxylic acids is 1. The van der Waals surface area contributed by atoms with Crippen molar-refractivity contribution in [2.24, 2.45) is 17.3 Å². The molecule has 0 bridgehead atoms. The molecule has 1 aromatic carbocycles. The molecule has 2 N–H and O–H groups in total. The number of anilines is 1. The molecule has 0 radical (unpaired) electrons. The normalized spacial score (nSPS) is 27.3. The summed E-state index contributed by atoms with van der Waals surface area (Å²) in [5.74, 6) is -0.0918. The minimum Gasteiger partial charge on any atom is -0.483 e. The van der Waals surface area contributed by atoms with Crippen LogP contribution in [0.3, 0.4) is 0 Å². The van der Waals surface area contributed by atoms with Crippen LogP contribution in [0.5, 0.6) is 5.75 Å². The predicted octanol–water partition coefficient (Wildman–Crippen LogP) is 6.00. The number of benzene rings is 1. The number of fused-ring (bicyclic) bond motifs is 1. The van der Waals surface area contributed by atoms with E-state index in [2.05, 4.69) is 21.6 Å². The van der Waals surface area contributed by atoms with Crippen molar-refractivity contribution in [1.82, 2.24) is 10.6 Å². The third-order valence-electron chi connectivity index (χ3n) is 10.1. The fourth-order valence-corrected chi connectivity index (χ4v) is 7.19. The molecule has 0 spiro atoms. The Hall–Kier alpha value is -2.53. The molecule has 4 atom stereocenters. The molecule has 0 saturated carbocycles. The van der Waals surface area contributed by atoms with Crippen molar-refractivity contribution in [2.45, 2.75) is 90.1 Å². The van der Waals surface area contributed by atoms with Gasteiger partial charge >= 0.3 is 0 Å². The van der Waals surface area contributed by atoms with E-state index < -0.39 is 28.6 Å². The Morgan fingerprint density at radius 2 is 2.00 bits per heavy atom. The lowest BCUT2D eigenvalue weighted by atomic mass is 9.81. The average Bonchev–Trinajstić information content (AvgIpc) is 3.03. The van der Waals surface area contributed by atoms with Crippen LogP contribution in [0, 0.1) is 17.3 Å². The largest absolute Gasteiger partial charge is 0.483 e. The first-order valence-electron chi connectivity index (χ1n) is 17.0. The molecule has 0 aromatic heterocycles. The number of allylic oxidation sites excluding steroid dienone is 3. The highest BCUT2D eigenvalue weighted by Gasteiger charge is 2.43. The van der Waals surface area contributed by atoms with E-state index in [1.807, 2.05) is 32.9 Å². The quantitative estimate of drug-likeness (QED) is 0.255. The highest BCUT2D eigenvalue weighted by atomic mass is 19.1. The second kappa shape index (κ2) is 15.6. The molecular weight excluding hydrogens is 592 g/mol. The number of nitrogens with zero attached hydrogens (tertiary/aromatic N) is 1.